The number of carbonyl (C=O) groups excluding carboxylic acids is 1. The molecule has 32 heavy (non-hydrogen) atoms. The molecule has 0 radical (unpaired) electrons. The van der Waals surface area contributed by atoms with Crippen LogP contribution in [0.2, 0.25) is 0 Å². The van der Waals surface area contributed by atoms with Gasteiger partial charge in [-0.2, -0.15) is 5.10 Å². The number of alkyl carbamates (subject to hydrolysis) is 1. The van der Waals surface area contributed by atoms with Crippen LogP contribution in [0.3, 0.4) is 0 Å². The highest BCUT2D eigenvalue weighted by Gasteiger charge is 2.29. The quantitative estimate of drug-likeness (QED) is 0.625. The Bertz CT molecular complexity index is 1130. The first-order valence-corrected chi connectivity index (χ1v) is 11.3. The highest BCUT2D eigenvalue weighted by Crippen LogP contribution is 2.41. The molecule has 0 aromatic carbocycles. The van der Waals surface area contributed by atoms with Crippen molar-refractivity contribution in [2.75, 3.05) is 5.32 Å². The SMILES string of the molecule is CC(C)(C)OC(=O)N[C@H]1CC[C@H](Nc2nccc(-c3ccn4ncc(C5CC5)c4n3)n2)C1. The molecule has 168 valence electrons. The third kappa shape index (κ3) is 4.66. The van der Waals surface area contributed by atoms with Crippen LogP contribution < -0.4 is 10.6 Å². The molecule has 9 nitrogen and oxygen atoms in total. The van der Waals surface area contributed by atoms with E-state index in [0.29, 0.717) is 11.9 Å². The molecule has 5 rings (SSSR count). The number of fused-ring (bicyclic) bond motifs is 1. The molecule has 0 unspecified atom stereocenters. The topological polar surface area (TPSA) is 106 Å². The average molecular weight is 436 g/mol. The number of nitrogens with zero attached hydrogens (tertiary/aromatic N) is 5. The van der Waals surface area contributed by atoms with Crippen molar-refractivity contribution in [2.24, 2.45) is 0 Å². The normalized spacial score (nSPS) is 21.0. The van der Waals surface area contributed by atoms with Crippen LogP contribution in [0, 0.1) is 0 Å². The summed E-state index contributed by atoms with van der Waals surface area (Å²) in [4.78, 5) is 26.0. The fourth-order valence-corrected chi connectivity index (χ4v) is 4.18. The highest BCUT2D eigenvalue weighted by molar-refractivity contribution is 5.68. The van der Waals surface area contributed by atoms with Crippen LogP contribution in [0.4, 0.5) is 10.7 Å². The minimum Gasteiger partial charge on any atom is -0.444 e. The maximum absolute atomic E-state index is 12.0. The molecule has 2 saturated carbocycles. The van der Waals surface area contributed by atoms with E-state index < -0.39 is 5.60 Å². The molecule has 2 aliphatic rings. The standard InChI is InChI=1S/C23H29N7O2/c1-23(2,3)32-22(31)27-16-7-6-15(12-16)26-21-24-10-8-18(29-21)19-9-11-30-20(28-19)17(13-25-30)14-4-5-14/h8-11,13-16H,4-7,12H2,1-3H3,(H,27,31)(H,24,26,29)/t15-,16-/m0/s1. The molecular weight excluding hydrogens is 406 g/mol. The second-order valence-electron chi connectivity index (χ2n) is 9.72. The summed E-state index contributed by atoms with van der Waals surface area (Å²) in [6.07, 6.45) is 10.3. The summed E-state index contributed by atoms with van der Waals surface area (Å²) in [7, 11) is 0. The maximum atomic E-state index is 12.0. The first-order chi connectivity index (χ1) is 15.3. The zero-order chi connectivity index (χ0) is 22.3. The molecule has 1 amide bonds. The summed E-state index contributed by atoms with van der Waals surface area (Å²) >= 11 is 0. The molecule has 3 heterocycles. The Morgan fingerprint density at radius 2 is 1.88 bits per heavy atom. The lowest BCUT2D eigenvalue weighted by Gasteiger charge is -2.21. The van der Waals surface area contributed by atoms with Crippen LogP contribution in [-0.4, -0.2) is 48.3 Å². The molecule has 2 fully saturated rings. The third-order valence-electron chi connectivity index (χ3n) is 5.82. The summed E-state index contributed by atoms with van der Waals surface area (Å²) in [5.41, 5.74) is 3.21. The molecule has 2 atom stereocenters. The number of carbonyl (C=O) groups is 1. The van der Waals surface area contributed by atoms with Gasteiger partial charge >= 0.3 is 6.09 Å². The van der Waals surface area contributed by atoms with Gasteiger partial charge in [0, 0.05) is 30.0 Å². The number of rotatable bonds is 5. The van der Waals surface area contributed by atoms with Crippen LogP contribution in [0.5, 0.6) is 0 Å². The fourth-order valence-electron chi connectivity index (χ4n) is 4.18. The molecule has 3 aromatic heterocycles. The van der Waals surface area contributed by atoms with E-state index in [0.717, 1.165) is 36.3 Å². The molecule has 0 aliphatic heterocycles. The smallest absolute Gasteiger partial charge is 0.407 e. The van der Waals surface area contributed by atoms with Gasteiger partial charge in [-0.3, -0.25) is 0 Å². The largest absolute Gasteiger partial charge is 0.444 e. The lowest BCUT2D eigenvalue weighted by atomic mass is 10.2. The van der Waals surface area contributed by atoms with E-state index in [-0.39, 0.29) is 18.2 Å². The first kappa shape index (κ1) is 20.7. The summed E-state index contributed by atoms with van der Waals surface area (Å²) in [6, 6.07) is 4.08. The number of hydrogen-bond acceptors (Lipinski definition) is 7. The molecule has 0 spiro atoms. The lowest BCUT2D eigenvalue weighted by molar-refractivity contribution is 0.0505. The van der Waals surface area contributed by atoms with Crippen molar-refractivity contribution in [3.63, 3.8) is 0 Å². The molecule has 9 heteroatoms. The van der Waals surface area contributed by atoms with Gasteiger partial charge in [0.2, 0.25) is 5.95 Å². The van der Waals surface area contributed by atoms with Crippen molar-refractivity contribution in [3.8, 4) is 11.4 Å². The zero-order valence-electron chi connectivity index (χ0n) is 18.7. The summed E-state index contributed by atoms with van der Waals surface area (Å²) in [5.74, 6) is 1.16. The van der Waals surface area contributed by atoms with E-state index >= 15 is 0 Å². The van der Waals surface area contributed by atoms with E-state index in [1.165, 1.54) is 18.4 Å². The zero-order valence-corrected chi connectivity index (χ0v) is 18.7. The van der Waals surface area contributed by atoms with E-state index in [9.17, 15) is 4.79 Å². The lowest BCUT2D eigenvalue weighted by Crippen LogP contribution is -2.38. The van der Waals surface area contributed by atoms with Crippen LogP contribution in [0.1, 0.15) is 64.4 Å². The van der Waals surface area contributed by atoms with Gasteiger partial charge in [-0.15, -0.1) is 0 Å². The number of anilines is 1. The van der Waals surface area contributed by atoms with Crippen LogP contribution in [0.25, 0.3) is 17.0 Å². The number of nitrogens with one attached hydrogen (secondary N) is 2. The Labute approximate surface area is 187 Å². The first-order valence-electron chi connectivity index (χ1n) is 11.3. The van der Waals surface area contributed by atoms with Crippen molar-refractivity contribution in [1.29, 1.82) is 0 Å². The number of hydrogen-bond donors (Lipinski definition) is 2. The Morgan fingerprint density at radius 3 is 2.66 bits per heavy atom. The second-order valence-corrected chi connectivity index (χ2v) is 9.72. The van der Waals surface area contributed by atoms with Gasteiger partial charge in [0.15, 0.2) is 5.65 Å². The summed E-state index contributed by atoms with van der Waals surface area (Å²) < 4.78 is 7.19. The van der Waals surface area contributed by atoms with Crippen LogP contribution >= 0.6 is 0 Å². The van der Waals surface area contributed by atoms with Crippen molar-refractivity contribution in [2.45, 2.75) is 76.5 Å². The van der Waals surface area contributed by atoms with Crippen LogP contribution in [0.15, 0.2) is 30.7 Å². The van der Waals surface area contributed by atoms with Crippen LogP contribution in [-0.2, 0) is 4.74 Å². The fraction of sp³-hybridized carbons (Fsp3) is 0.522. The third-order valence-corrected chi connectivity index (χ3v) is 5.82. The Kier molecular flexibility index (Phi) is 5.19. The Morgan fingerprint density at radius 1 is 1.09 bits per heavy atom. The predicted molar refractivity (Wildman–Crippen MR) is 120 cm³/mol. The van der Waals surface area contributed by atoms with Crippen molar-refractivity contribution >= 4 is 17.7 Å². The monoisotopic (exact) mass is 435 g/mol. The Hall–Kier alpha value is -3.23. The molecule has 3 aromatic rings. The Balaban J connectivity index is 1.25. The predicted octanol–water partition coefficient (Wildman–Crippen LogP) is 3.92. The molecule has 2 N–H and O–H groups in total. The highest BCUT2D eigenvalue weighted by atomic mass is 16.6. The van der Waals surface area contributed by atoms with E-state index in [2.05, 4.69) is 20.7 Å². The molecule has 2 aliphatic carbocycles. The summed E-state index contributed by atoms with van der Waals surface area (Å²) in [6.45, 7) is 5.59. The van der Waals surface area contributed by atoms with E-state index in [4.69, 9.17) is 14.7 Å². The maximum Gasteiger partial charge on any atom is 0.407 e. The van der Waals surface area contributed by atoms with E-state index in [1.807, 2.05) is 49.8 Å². The summed E-state index contributed by atoms with van der Waals surface area (Å²) in [5, 5.41) is 10.8. The number of ether oxygens (including phenoxy) is 1. The molecule has 0 bridgehead atoms. The van der Waals surface area contributed by atoms with Gasteiger partial charge in [-0.05, 0) is 70.9 Å². The van der Waals surface area contributed by atoms with Gasteiger partial charge < -0.3 is 15.4 Å². The average Bonchev–Trinajstić information content (AvgIpc) is 3.34. The van der Waals surface area contributed by atoms with E-state index in [1.54, 1.807) is 6.20 Å². The van der Waals surface area contributed by atoms with Crippen molar-refractivity contribution in [1.82, 2.24) is 29.9 Å². The van der Waals surface area contributed by atoms with Crippen molar-refractivity contribution in [3.05, 3.63) is 36.3 Å². The van der Waals surface area contributed by atoms with Crippen molar-refractivity contribution < 1.29 is 9.53 Å². The molecular formula is C23H29N7O2. The van der Waals surface area contributed by atoms with Gasteiger partial charge in [0.25, 0.3) is 0 Å². The minimum absolute atomic E-state index is 0.0808. The number of amides is 1. The minimum atomic E-state index is -0.498. The number of aromatic nitrogens is 5. The van der Waals surface area contributed by atoms with Gasteiger partial charge in [0.05, 0.1) is 17.6 Å². The van der Waals surface area contributed by atoms with Gasteiger partial charge in [-0.25, -0.2) is 24.3 Å². The van der Waals surface area contributed by atoms with Gasteiger partial charge in [-0.1, -0.05) is 0 Å². The van der Waals surface area contributed by atoms with Gasteiger partial charge in [0.1, 0.15) is 5.60 Å². The second kappa shape index (κ2) is 8.03. The molecule has 0 saturated heterocycles.